The topological polar surface area (TPSA) is 42.0 Å². The summed E-state index contributed by atoms with van der Waals surface area (Å²) < 4.78 is 0. The number of anilines is 1. The van der Waals surface area contributed by atoms with Gasteiger partial charge in [-0.3, -0.25) is 4.79 Å². The molecule has 2 aromatic rings. The Kier molecular flexibility index (Phi) is 4.53. The molecular weight excluding hydrogens is 330 g/mol. The third-order valence-corrected chi connectivity index (χ3v) is 3.41. The van der Waals surface area contributed by atoms with Gasteiger partial charge in [0.15, 0.2) is 0 Å². The highest BCUT2D eigenvalue weighted by molar-refractivity contribution is 6.40. The van der Waals surface area contributed by atoms with Gasteiger partial charge in [0, 0.05) is 6.20 Å². The van der Waals surface area contributed by atoms with E-state index in [4.69, 9.17) is 46.4 Å². The highest BCUT2D eigenvalue weighted by Gasteiger charge is 2.15. The van der Waals surface area contributed by atoms with Crippen molar-refractivity contribution in [1.82, 2.24) is 4.98 Å². The Hall–Kier alpha value is -1.00. The number of carbonyl (C=O) groups excluding carboxylic acids is 1. The fraction of sp³-hybridized carbons (Fsp3) is 0. The third kappa shape index (κ3) is 3.31. The van der Waals surface area contributed by atoms with Gasteiger partial charge >= 0.3 is 0 Å². The molecular formula is C12H6Cl4N2O. The molecule has 0 aliphatic rings. The van der Waals surface area contributed by atoms with Gasteiger partial charge in [-0.2, -0.15) is 0 Å². The number of hydrogen-bond acceptors (Lipinski definition) is 2. The molecule has 1 aromatic carbocycles. The zero-order chi connectivity index (χ0) is 14.0. The van der Waals surface area contributed by atoms with Gasteiger partial charge in [0.25, 0.3) is 5.91 Å². The summed E-state index contributed by atoms with van der Waals surface area (Å²) in [5, 5.41) is 3.60. The third-order valence-electron chi connectivity index (χ3n) is 2.27. The number of pyridine rings is 1. The van der Waals surface area contributed by atoms with Gasteiger partial charge < -0.3 is 5.32 Å². The molecule has 2 rings (SSSR count). The summed E-state index contributed by atoms with van der Waals surface area (Å²) in [6.07, 6.45) is 1.30. The molecule has 1 amide bonds. The largest absolute Gasteiger partial charge is 0.319 e. The van der Waals surface area contributed by atoms with Gasteiger partial charge in [-0.15, -0.1) is 0 Å². The number of nitrogens with one attached hydrogen (secondary N) is 1. The zero-order valence-corrected chi connectivity index (χ0v) is 12.3. The van der Waals surface area contributed by atoms with Gasteiger partial charge in [0.1, 0.15) is 5.15 Å². The number of rotatable bonds is 2. The van der Waals surface area contributed by atoms with E-state index in [9.17, 15) is 4.79 Å². The van der Waals surface area contributed by atoms with E-state index < -0.39 is 5.91 Å². The average molecular weight is 336 g/mol. The van der Waals surface area contributed by atoms with Crippen LogP contribution < -0.4 is 5.32 Å². The maximum atomic E-state index is 12.1. The van der Waals surface area contributed by atoms with E-state index in [1.54, 1.807) is 18.2 Å². The summed E-state index contributed by atoms with van der Waals surface area (Å²) in [5.41, 5.74) is 0.512. The van der Waals surface area contributed by atoms with Crippen LogP contribution in [0, 0.1) is 0 Å². The van der Waals surface area contributed by atoms with Crippen LogP contribution in [0.3, 0.4) is 0 Å². The number of para-hydroxylation sites is 1. The van der Waals surface area contributed by atoms with Gasteiger partial charge in [-0.25, -0.2) is 4.98 Å². The molecule has 0 atom stereocenters. The molecule has 1 heterocycles. The molecule has 0 saturated heterocycles. The van der Waals surface area contributed by atoms with Crippen LogP contribution in [-0.4, -0.2) is 10.9 Å². The maximum absolute atomic E-state index is 12.1. The molecule has 0 bridgehead atoms. The van der Waals surface area contributed by atoms with E-state index in [0.29, 0.717) is 15.7 Å². The lowest BCUT2D eigenvalue weighted by Crippen LogP contribution is -2.13. The first kappa shape index (κ1) is 14.4. The molecule has 0 unspecified atom stereocenters. The van der Waals surface area contributed by atoms with Crippen LogP contribution >= 0.6 is 46.4 Å². The normalized spacial score (nSPS) is 10.3. The summed E-state index contributed by atoms with van der Waals surface area (Å²) in [5.74, 6) is -0.468. The standard InChI is InChI=1S/C12H6Cl4N2O/c13-7-2-1-3-8(14)11(7)18-12(19)6-4-10(16)17-5-9(6)15/h1-5H,(H,18,19). The van der Waals surface area contributed by atoms with Gasteiger partial charge in [0.05, 0.1) is 26.3 Å². The second kappa shape index (κ2) is 5.97. The molecule has 0 saturated carbocycles. The van der Waals surface area contributed by atoms with Crippen LogP contribution in [0.1, 0.15) is 10.4 Å². The predicted octanol–water partition coefficient (Wildman–Crippen LogP) is 4.95. The molecule has 3 nitrogen and oxygen atoms in total. The molecule has 19 heavy (non-hydrogen) atoms. The number of hydrogen-bond donors (Lipinski definition) is 1. The monoisotopic (exact) mass is 334 g/mol. The molecule has 7 heteroatoms. The molecule has 0 fully saturated rings. The zero-order valence-electron chi connectivity index (χ0n) is 9.25. The minimum Gasteiger partial charge on any atom is -0.319 e. The lowest BCUT2D eigenvalue weighted by Gasteiger charge is -2.10. The van der Waals surface area contributed by atoms with Crippen molar-refractivity contribution < 1.29 is 4.79 Å². The fourth-order valence-electron chi connectivity index (χ4n) is 1.39. The first-order chi connectivity index (χ1) is 8.99. The molecule has 0 aliphatic heterocycles. The Balaban J connectivity index is 2.34. The molecule has 1 aromatic heterocycles. The Bertz CT molecular complexity index is 625. The highest BCUT2D eigenvalue weighted by Crippen LogP contribution is 2.30. The highest BCUT2D eigenvalue weighted by atomic mass is 35.5. The SMILES string of the molecule is O=C(Nc1c(Cl)cccc1Cl)c1cc(Cl)ncc1Cl. The number of benzene rings is 1. The minimum absolute atomic E-state index is 0.166. The Labute approximate surface area is 129 Å². The summed E-state index contributed by atoms with van der Waals surface area (Å²) in [6, 6.07) is 6.27. The summed E-state index contributed by atoms with van der Waals surface area (Å²) in [4.78, 5) is 15.9. The van der Waals surface area contributed by atoms with Gasteiger partial charge in [-0.05, 0) is 18.2 Å². The van der Waals surface area contributed by atoms with Crippen LogP contribution in [-0.2, 0) is 0 Å². The number of amides is 1. The average Bonchev–Trinajstić information content (AvgIpc) is 2.37. The van der Waals surface area contributed by atoms with Crippen LogP contribution in [0.4, 0.5) is 5.69 Å². The Morgan fingerprint density at radius 3 is 2.32 bits per heavy atom. The minimum atomic E-state index is -0.468. The molecule has 0 spiro atoms. The Morgan fingerprint density at radius 2 is 1.68 bits per heavy atom. The summed E-state index contributed by atoms with van der Waals surface area (Å²) in [6.45, 7) is 0. The van der Waals surface area contributed by atoms with Crippen molar-refractivity contribution in [2.24, 2.45) is 0 Å². The van der Waals surface area contributed by atoms with E-state index in [2.05, 4.69) is 10.3 Å². The van der Waals surface area contributed by atoms with Crippen molar-refractivity contribution in [2.45, 2.75) is 0 Å². The van der Waals surface area contributed by atoms with Crippen molar-refractivity contribution in [3.63, 3.8) is 0 Å². The van der Waals surface area contributed by atoms with Crippen LogP contribution in [0.5, 0.6) is 0 Å². The fourth-order valence-corrected chi connectivity index (χ4v) is 2.22. The lowest BCUT2D eigenvalue weighted by atomic mass is 10.2. The van der Waals surface area contributed by atoms with Crippen molar-refractivity contribution in [3.8, 4) is 0 Å². The number of aromatic nitrogens is 1. The lowest BCUT2D eigenvalue weighted by molar-refractivity contribution is 0.102. The Morgan fingerprint density at radius 1 is 1.05 bits per heavy atom. The predicted molar refractivity (Wildman–Crippen MR) is 78.7 cm³/mol. The summed E-state index contributed by atoms with van der Waals surface area (Å²) in [7, 11) is 0. The van der Waals surface area contributed by atoms with Crippen LogP contribution in [0.2, 0.25) is 20.2 Å². The smallest absolute Gasteiger partial charge is 0.257 e. The molecule has 0 aliphatic carbocycles. The number of nitrogens with zero attached hydrogens (tertiary/aromatic N) is 1. The number of carbonyl (C=O) groups is 1. The van der Waals surface area contributed by atoms with E-state index in [1.165, 1.54) is 12.3 Å². The van der Waals surface area contributed by atoms with Crippen molar-refractivity contribution in [1.29, 1.82) is 0 Å². The first-order valence-corrected chi connectivity index (χ1v) is 6.56. The quantitative estimate of drug-likeness (QED) is 0.789. The van der Waals surface area contributed by atoms with Crippen LogP contribution in [0.25, 0.3) is 0 Å². The van der Waals surface area contributed by atoms with E-state index in [-0.39, 0.29) is 15.7 Å². The van der Waals surface area contributed by atoms with Crippen molar-refractivity contribution in [2.75, 3.05) is 5.32 Å². The van der Waals surface area contributed by atoms with Gasteiger partial charge in [0.2, 0.25) is 0 Å². The summed E-state index contributed by atoms with van der Waals surface area (Å²) >= 11 is 23.5. The second-order valence-corrected chi connectivity index (χ2v) is 5.15. The van der Waals surface area contributed by atoms with Crippen molar-refractivity contribution in [3.05, 3.63) is 56.2 Å². The van der Waals surface area contributed by atoms with Gasteiger partial charge in [-0.1, -0.05) is 52.5 Å². The van der Waals surface area contributed by atoms with E-state index in [1.807, 2.05) is 0 Å². The second-order valence-electron chi connectivity index (χ2n) is 3.54. The van der Waals surface area contributed by atoms with Crippen molar-refractivity contribution >= 4 is 58.0 Å². The molecule has 1 N–H and O–H groups in total. The maximum Gasteiger partial charge on any atom is 0.257 e. The number of halogens is 4. The van der Waals surface area contributed by atoms with Crippen LogP contribution in [0.15, 0.2) is 30.5 Å². The first-order valence-electron chi connectivity index (χ1n) is 5.05. The molecule has 98 valence electrons. The van der Waals surface area contributed by atoms with E-state index >= 15 is 0 Å². The molecule has 0 radical (unpaired) electrons. The van der Waals surface area contributed by atoms with E-state index in [0.717, 1.165) is 0 Å².